The number of nitrogens with zero attached hydrogens (tertiary/aromatic N) is 3. The fourth-order valence-corrected chi connectivity index (χ4v) is 6.68. The molecule has 0 saturated carbocycles. The van der Waals surface area contributed by atoms with Crippen LogP contribution in [-0.4, -0.2) is 9.38 Å². The molecular formula is C33H29F3N3+. The van der Waals surface area contributed by atoms with Crippen molar-refractivity contribution in [3.63, 3.8) is 0 Å². The Balaban J connectivity index is 1.79. The Morgan fingerprint density at radius 3 is 2.23 bits per heavy atom. The highest BCUT2D eigenvalue weighted by Gasteiger charge is 2.32. The summed E-state index contributed by atoms with van der Waals surface area (Å²) < 4.78 is 45.8. The second-order valence-electron chi connectivity index (χ2n) is 12.2. The lowest BCUT2D eigenvalue weighted by atomic mass is 9.86. The predicted molar refractivity (Wildman–Crippen MR) is 153 cm³/mol. The first-order chi connectivity index (χ1) is 18.3. The Morgan fingerprint density at radius 1 is 0.795 bits per heavy atom. The molecule has 0 aliphatic heterocycles. The van der Waals surface area contributed by atoms with Gasteiger partial charge in [-0.1, -0.05) is 45.0 Å². The number of hydrogen-bond donors (Lipinski definition) is 0. The molecule has 7 aromatic rings. The van der Waals surface area contributed by atoms with Crippen LogP contribution in [0.1, 0.15) is 43.0 Å². The highest BCUT2D eigenvalue weighted by Crippen LogP contribution is 2.44. The summed E-state index contributed by atoms with van der Waals surface area (Å²) in [5.41, 5.74) is 7.29. The Bertz CT molecular complexity index is 2140. The minimum absolute atomic E-state index is 0.152. The molecule has 6 heteroatoms. The van der Waals surface area contributed by atoms with Crippen molar-refractivity contribution in [1.29, 1.82) is 0 Å². The van der Waals surface area contributed by atoms with Gasteiger partial charge in [-0.05, 0) is 82.4 Å². The molecule has 7 rings (SSSR count). The van der Waals surface area contributed by atoms with Crippen molar-refractivity contribution >= 4 is 59.9 Å². The lowest BCUT2D eigenvalue weighted by Gasteiger charge is -2.21. The summed E-state index contributed by atoms with van der Waals surface area (Å²) in [5, 5.41) is 6.08. The minimum atomic E-state index is -4.43. The maximum atomic E-state index is 13.9. The zero-order chi connectivity index (χ0) is 27.6. The van der Waals surface area contributed by atoms with E-state index < -0.39 is 11.7 Å². The van der Waals surface area contributed by atoms with Crippen LogP contribution in [0.5, 0.6) is 0 Å². The van der Waals surface area contributed by atoms with Crippen molar-refractivity contribution in [2.75, 3.05) is 0 Å². The Hall–Kier alpha value is -3.93. The van der Waals surface area contributed by atoms with Gasteiger partial charge in [0.2, 0.25) is 0 Å². The smallest absolute Gasteiger partial charge is 0.307 e. The molecule has 39 heavy (non-hydrogen) atoms. The highest BCUT2D eigenvalue weighted by atomic mass is 19.4. The first-order valence-corrected chi connectivity index (χ1v) is 13.2. The van der Waals surface area contributed by atoms with Gasteiger partial charge in [0.1, 0.15) is 5.52 Å². The van der Waals surface area contributed by atoms with E-state index in [2.05, 4.69) is 61.8 Å². The second-order valence-corrected chi connectivity index (χ2v) is 12.2. The molecule has 3 aromatic heterocycles. The fraction of sp³-hybridized carbons (Fsp3) is 0.273. The van der Waals surface area contributed by atoms with Crippen molar-refractivity contribution in [1.82, 2.24) is 9.38 Å². The summed E-state index contributed by atoms with van der Waals surface area (Å²) in [6.07, 6.45) is -1.64. The number of benzene rings is 4. The molecule has 0 fully saturated rings. The lowest BCUT2D eigenvalue weighted by molar-refractivity contribution is -0.646. The minimum Gasteiger partial charge on any atom is -0.307 e. The summed E-state index contributed by atoms with van der Waals surface area (Å²) in [4.78, 5) is 4.71. The van der Waals surface area contributed by atoms with Gasteiger partial charge in [0.05, 0.1) is 39.9 Å². The SMILES string of the molecule is Cc1c2cc(CC(C)(C)C)ccc2c(C)c2c1c1c3c(ccc4c5ccc(C(F)(F)F)cc5n2c43)nc[n+]1C. The molecule has 0 N–H and O–H groups in total. The third kappa shape index (κ3) is 3.30. The molecule has 0 spiro atoms. The fourth-order valence-electron chi connectivity index (χ4n) is 6.68. The molecule has 0 saturated heterocycles. The molecular weight excluding hydrogens is 495 g/mol. The van der Waals surface area contributed by atoms with E-state index >= 15 is 0 Å². The molecule has 0 bridgehead atoms. The summed E-state index contributed by atoms with van der Waals surface area (Å²) in [6, 6.07) is 14.8. The van der Waals surface area contributed by atoms with Crippen molar-refractivity contribution < 1.29 is 17.7 Å². The highest BCUT2D eigenvalue weighted by molar-refractivity contribution is 6.28. The monoisotopic (exact) mass is 524 g/mol. The van der Waals surface area contributed by atoms with Crippen LogP contribution in [0.15, 0.2) is 54.9 Å². The van der Waals surface area contributed by atoms with E-state index in [1.165, 1.54) is 23.1 Å². The zero-order valence-electron chi connectivity index (χ0n) is 22.9. The van der Waals surface area contributed by atoms with Gasteiger partial charge in [0.15, 0.2) is 5.52 Å². The molecule has 0 aliphatic rings. The normalized spacial score (nSPS) is 13.4. The van der Waals surface area contributed by atoms with E-state index in [4.69, 9.17) is 4.98 Å². The van der Waals surface area contributed by atoms with Crippen LogP contribution in [0.25, 0.3) is 59.9 Å². The van der Waals surface area contributed by atoms with Crippen LogP contribution in [0.2, 0.25) is 0 Å². The number of rotatable bonds is 1. The maximum absolute atomic E-state index is 13.9. The van der Waals surface area contributed by atoms with E-state index in [-0.39, 0.29) is 5.41 Å². The van der Waals surface area contributed by atoms with Gasteiger partial charge in [-0.15, -0.1) is 0 Å². The summed E-state index contributed by atoms with van der Waals surface area (Å²) in [5.74, 6) is 0. The third-order valence-corrected chi connectivity index (χ3v) is 8.25. The number of halogens is 3. The molecule has 0 radical (unpaired) electrons. The number of aromatic nitrogens is 3. The molecule has 4 aromatic carbocycles. The Labute approximate surface area is 223 Å². The van der Waals surface area contributed by atoms with Gasteiger partial charge in [-0.2, -0.15) is 13.2 Å². The Morgan fingerprint density at radius 2 is 1.51 bits per heavy atom. The molecule has 0 amide bonds. The maximum Gasteiger partial charge on any atom is 0.416 e. The van der Waals surface area contributed by atoms with E-state index in [1.807, 2.05) is 25.5 Å². The summed E-state index contributed by atoms with van der Waals surface area (Å²) in [6.45, 7) is 11.0. The summed E-state index contributed by atoms with van der Waals surface area (Å²) in [7, 11) is 2.00. The van der Waals surface area contributed by atoms with Gasteiger partial charge >= 0.3 is 6.18 Å². The molecule has 196 valence electrons. The van der Waals surface area contributed by atoms with Gasteiger partial charge in [-0.3, -0.25) is 0 Å². The number of aryl methyl sites for hydroxylation is 3. The number of pyridine rings is 1. The molecule has 3 heterocycles. The molecule has 0 aliphatic carbocycles. The topological polar surface area (TPSA) is 21.2 Å². The number of fused-ring (bicyclic) bond motifs is 7. The average molecular weight is 525 g/mol. The van der Waals surface area contributed by atoms with Gasteiger partial charge in [0.25, 0.3) is 6.33 Å². The number of hydrogen-bond acceptors (Lipinski definition) is 1. The van der Waals surface area contributed by atoms with E-state index in [9.17, 15) is 13.2 Å². The first kappa shape index (κ1) is 24.1. The van der Waals surface area contributed by atoms with Crippen molar-refractivity contribution in [2.24, 2.45) is 12.5 Å². The van der Waals surface area contributed by atoms with Crippen molar-refractivity contribution in [3.05, 3.63) is 77.1 Å². The van der Waals surface area contributed by atoms with E-state index in [0.29, 0.717) is 5.52 Å². The number of alkyl halides is 3. The summed E-state index contributed by atoms with van der Waals surface area (Å²) >= 11 is 0. The average Bonchev–Trinajstić information content (AvgIpc) is 3.20. The largest absolute Gasteiger partial charge is 0.416 e. The van der Waals surface area contributed by atoms with E-state index in [1.54, 1.807) is 6.07 Å². The molecule has 3 nitrogen and oxygen atoms in total. The van der Waals surface area contributed by atoms with Crippen LogP contribution >= 0.6 is 0 Å². The van der Waals surface area contributed by atoms with Crippen LogP contribution in [0, 0.1) is 19.3 Å². The zero-order valence-corrected chi connectivity index (χ0v) is 22.9. The van der Waals surface area contributed by atoms with Crippen molar-refractivity contribution in [2.45, 2.75) is 47.2 Å². The van der Waals surface area contributed by atoms with Gasteiger partial charge in [0, 0.05) is 10.8 Å². The first-order valence-electron chi connectivity index (χ1n) is 13.2. The van der Waals surface area contributed by atoms with Crippen LogP contribution < -0.4 is 4.57 Å². The standard InChI is InChI=1S/C33H29F3N3/c1-17-24-13-19(15-32(3,4)5)7-9-21(24)18(2)29-27(17)31-28-25(37-16-38(31)6)12-11-23-22-10-8-20(33(34,35)36)14-26(22)39(29)30(23)28/h7-14,16H,15H2,1-6H3/q+1. The van der Waals surface area contributed by atoms with Gasteiger partial charge in [-0.25, -0.2) is 4.57 Å². The van der Waals surface area contributed by atoms with Gasteiger partial charge < -0.3 is 4.40 Å². The second kappa shape index (κ2) is 7.59. The van der Waals surface area contributed by atoms with E-state index in [0.717, 1.165) is 66.5 Å². The quantitative estimate of drug-likeness (QED) is 0.120. The molecule has 0 unspecified atom stereocenters. The predicted octanol–water partition coefficient (Wildman–Crippen LogP) is 8.59. The third-order valence-electron chi connectivity index (χ3n) is 8.25. The Kier molecular flexibility index (Phi) is 4.70. The molecule has 0 atom stereocenters. The van der Waals surface area contributed by atoms with Crippen molar-refractivity contribution in [3.8, 4) is 0 Å². The van der Waals surface area contributed by atoms with Crippen LogP contribution in [-0.2, 0) is 19.6 Å². The van der Waals surface area contributed by atoms with Crippen LogP contribution in [0.4, 0.5) is 13.2 Å². The lowest BCUT2D eigenvalue weighted by Crippen LogP contribution is -2.30. The van der Waals surface area contributed by atoms with Crippen LogP contribution in [0.3, 0.4) is 0 Å².